The van der Waals surface area contributed by atoms with Gasteiger partial charge in [-0.2, -0.15) is 15.0 Å². The van der Waals surface area contributed by atoms with Crippen LogP contribution in [-0.4, -0.2) is 46.4 Å². The van der Waals surface area contributed by atoms with E-state index < -0.39 is 0 Å². The first-order chi connectivity index (χ1) is 9.66. The molecular weight excluding hydrogens is 254 g/mol. The second-order valence-corrected chi connectivity index (χ2v) is 4.68. The molecule has 1 N–H and O–H groups in total. The summed E-state index contributed by atoms with van der Waals surface area (Å²) in [5.41, 5.74) is 1.78. The van der Waals surface area contributed by atoms with Crippen molar-refractivity contribution in [2.75, 3.05) is 20.6 Å². The van der Waals surface area contributed by atoms with E-state index in [9.17, 15) is 4.79 Å². The Balaban J connectivity index is 1.81. The SMILES string of the molecule is CN(C)C(=O)CCNCc1cnn(-c2ccccc2)n1. The summed E-state index contributed by atoms with van der Waals surface area (Å²) in [6, 6.07) is 9.75. The van der Waals surface area contributed by atoms with Gasteiger partial charge >= 0.3 is 0 Å². The second-order valence-electron chi connectivity index (χ2n) is 4.68. The number of carbonyl (C=O) groups is 1. The molecule has 6 nitrogen and oxygen atoms in total. The summed E-state index contributed by atoms with van der Waals surface area (Å²) in [5.74, 6) is 0.116. The fourth-order valence-corrected chi connectivity index (χ4v) is 1.70. The maximum Gasteiger partial charge on any atom is 0.223 e. The van der Waals surface area contributed by atoms with Crippen LogP contribution in [0, 0.1) is 0 Å². The Labute approximate surface area is 118 Å². The van der Waals surface area contributed by atoms with Crippen LogP contribution in [0.15, 0.2) is 36.5 Å². The van der Waals surface area contributed by atoms with Gasteiger partial charge in [-0.15, -0.1) is 0 Å². The van der Waals surface area contributed by atoms with E-state index in [2.05, 4.69) is 15.5 Å². The third kappa shape index (κ3) is 3.89. The number of hydrogen-bond donors (Lipinski definition) is 1. The lowest BCUT2D eigenvalue weighted by Crippen LogP contribution is -2.26. The zero-order valence-corrected chi connectivity index (χ0v) is 11.8. The number of nitrogens with zero attached hydrogens (tertiary/aromatic N) is 4. The van der Waals surface area contributed by atoms with E-state index in [1.54, 1.807) is 30.0 Å². The molecule has 106 valence electrons. The maximum atomic E-state index is 11.4. The first-order valence-corrected chi connectivity index (χ1v) is 6.54. The molecule has 0 aliphatic carbocycles. The lowest BCUT2D eigenvalue weighted by molar-refractivity contribution is -0.128. The van der Waals surface area contributed by atoms with Gasteiger partial charge in [-0.1, -0.05) is 18.2 Å². The van der Waals surface area contributed by atoms with Crippen molar-refractivity contribution in [1.82, 2.24) is 25.2 Å². The number of benzene rings is 1. The van der Waals surface area contributed by atoms with Gasteiger partial charge in [0.15, 0.2) is 0 Å². The molecule has 0 fully saturated rings. The smallest absolute Gasteiger partial charge is 0.223 e. The largest absolute Gasteiger partial charge is 0.349 e. The standard InChI is InChI=1S/C14H19N5O/c1-18(2)14(20)8-9-15-10-12-11-16-19(17-12)13-6-4-3-5-7-13/h3-7,11,15H,8-10H2,1-2H3. The predicted molar refractivity (Wildman–Crippen MR) is 76.4 cm³/mol. The zero-order chi connectivity index (χ0) is 14.4. The quantitative estimate of drug-likeness (QED) is 0.792. The third-order valence-corrected chi connectivity index (χ3v) is 2.85. The van der Waals surface area contributed by atoms with Gasteiger partial charge in [0.2, 0.25) is 5.91 Å². The van der Waals surface area contributed by atoms with Gasteiger partial charge < -0.3 is 10.2 Å². The number of nitrogens with one attached hydrogen (secondary N) is 1. The Kier molecular flexibility index (Phi) is 4.84. The van der Waals surface area contributed by atoms with Crippen LogP contribution >= 0.6 is 0 Å². The van der Waals surface area contributed by atoms with Gasteiger partial charge in [0, 0.05) is 33.6 Å². The molecule has 0 saturated carbocycles. The minimum atomic E-state index is 0.116. The molecule has 1 aromatic heterocycles. The summed E-state index contributed by atoms with van der Waals surface area (Å²) in [6.45, 7) is 1.24. The maximum absolute atomic E-state index is 11.4. The topological polar surface area (TPSA) is 63.1 Å². The van der Waals surface area contributed by atoms with Crippen LogP contribution in [0.3, 0.4) is 0 Å². The van der Waals surface area contributed by atoms with Crippen molar-refractivity contribution >= 4 is 5.91 Å². The molecule has 0 atom stereocenters. The molecule has 0 unspecified atom stereocenters. The van der Waals surface area contributed by atoms with Gasteiger partial charge in [-0.05, 0) is 12.1 Å². The molecule has 1 heterocycles. The van der Waals surface area contributed by atoms with Gasteiger partial charge in [-0.25, -0.2) is 0 Å². The normalized spacial score (nSPS) is 10.5. The summed E-state index contributed by atoms with van der Waals surface area (Å²) in [7, 11) is 3.52. The first-order valence-electron chi connectivity index (χ1n) is 6.54. The molecule has 0 spiro atoms. The van der Waals surface area contributed by atoms with Crippen molar-refractivity contribution < 1.29 is 4.79 Å². The number of aromatic nitrogens is 3. The Hall–Kier alpha value is -2.21. The van der Waals surface area contributed by atoms with Crippen LogP contribution in [-0.2, 0) is 11.3 Å². The Morgan fingerprint density at radius 1 is 1.30 bits per heavy atom. The lowest BCUT2D eigenvalue weighted by atomic mass is 10.3. The summed E-state index contributed by atoms with van der Waals surface area (Å²) < 4.78 is 0. The molecule has 0 saturated heterocycles. The second kappa shape index (κ2) is 6.81. The molecular formula is C14H19N5O. The highest BCUT2D eigenvalue weighted by atomic mass is 16.2. The molecule has 1 aromatic carbocycles. The van der Waals surface area contributed by atoms with E-state index in [1.807, 2.05) is 30.3 Å². The monoisotopic (exact) mass is 273 g/mol. The van der Waals surface area contributed by atoms with Crippen molar-refractivity contribution in [3.05, 3.63) is 42.2 Å². The molecule has 2 rings (SSSR count). The summed E-state index contributed by atoms with van der Waals surface area (Å²) >= 11 is 0. The molecule has 0 aliphatic rings. The highest BCUT2D eigenvalue weighted by Gasteiger charge is 2.04. The van der Waals surface area contributed by atoms with Crippen LogP contribution in [0.4, 0.5) is 0 Å². The van der Waals surface area contributed by atoms with Gasteiger partial charge in [-0.3, -0.25) is 4.79 Å². The van der Waals surface area contributed by atoms with E-state index in [4.69, 9.17) is 0 Å². The molecule has 20 heavy (non-hydrogen) atoms. The number of rotatable bonds is 6. The Bertz CT molecular complexity index is 550. The summed E-state index contributed by atoms with van der Waals surface area (Å²) in [5, 5.41) is 11.8. The zero-order valence-electron chi connectivity index (χ0n) is 11.8. The van der Waals surface area contributed by atoms with Crippen molar-refractivity contribution in [2.45, 2.75) is 13.0 Å². The summed E-state index contributed by atoms with van der Waals surface area (Å²) in [6.07, 6.45) is 2.22. The van der Waals surface area contributed by atoms with Crippen molar-refractivity contribution in [3.8, 4) is 5.69 Å². The minimum absolute atomic E-state index is 0.116. The molecule has 2 aromatic rings. The van der Waals surface area contributed by atoms with Gasteiger partial charge in [0.05, 0.1) is 17.6 Å². The van der Waals surface area contributed by atoms with Crippen LogP contribution in [0.5, 0.6) is 0 Å². The Morgan fingerprint density at radius 3 is 2.75 bits per heavy atom. The number of amides is 1. The first kappa shape index (κ1) is 14.2. The molecule has 0 aliphatic heterocycles. The van der Waals surface area contributed by atoms with E-state index in [0.29, 0.717) is 19.5 Å². The molecule has 0 bridgehead atoms. The number of carbonyl (C=O) groups excluding carboxylic acids is 1. The molecule has 6 heteroatoms. The lowest BCUT2D eigenvalue weighted by Gasteiger charge is -2.09. The highest BCUT2D eigenvalue weighted by Crippen LogP contribution is 2.03. The van der Waals surface area contributed by atoms with E-state index in [1.165, 1.54) is 0 Å². The van der Waals surface area contributed by atoms with E-state index >= 15 is 0 Å². The van der Waals surface area contributed by atoms with Gasteiger partial charge in [0.1, 0.15) is 0 Å². The van der Waals surface area contributed by atoms with Crippen molar-refractivity contribution in [3.63, 3.8) is 0 Å². The fourth-order valence-electron chi connectivity index (χ4n) is 1.70. The minimum Gasteiger partial charge on any atom is -0.349 e. The highest BCUT2D eigenvalue weighted by molar-refractivity contribution is 5.75. The number of hydrogen-bond acceptors (Lipinski definition) is 4. The predicted octanol–water partition coefficient (Wildman–Crippen LogP) is 0.835. The molecule has 0 radical (unpaired) electrons. The van der Waals surface area contributed by atoms with Crippen LogP contribution in [0.25, 0.3) is 5.69 Å². The third-order valence-electron chi connectivity index (χ3n) is 2.85. The van der Waals surface area contributed by atoms with Crippen molar-refractivity contribution in [2.24, 2.45) is 0 Å². The average molecular weight is 273 g/mol. The van der Waals surface area contributed by atoms with E-state index in [0.717, 1.165) is 11.4 Å². The van der Waals surface area contributed by atoms with Crippen LogP contribution in [0.1, 0.15) is 12.1 Å². The van der Waals surface area contributed by atoms with E-state index in [-0.39, 0.29) is 5.91 Å². The fraction of sp³-hybridized carbons (Fsp3) is 0.357. The van der Waals surface area contributed by atoms with Crippen LogP contribution in [0.2, 0.25) is 0 Å². The van der Waals surface area contributed by atoms with Crippen LogP contribution < -0.4 is 5.32 Å². The Morgan fingerprint density at radius 2 is 2.05 bits per heavy atom. The van der Waals surface area contributed by atoms with Gasteiger partial charge in [0.25, 0.3) is 0 Å². The molecule has 1 amide bonds. The van der Waals surface area contributed by atoms with Crippen molar-refractivity contribution in [1.29, 1.82) is 0 Å². The number of para-hydroxylation sites is 1. The summed E-state index contributed by atoms with van der Waals surface area (Å²) in [4.78, 5) is 14.6. The average Bonchev–Trinajstić information content (AvgIpc) is 2.93.